The molecule has 134 valence electrons. The van der Waals surface area contributed by atoms with Crippen LogP contribution < -0.4 is 5.56 Å². The smallest absolute Gasteiger partial charge is 0.274 e. The second-order valence-electron chi connectivity index (χ2n) is 6.31. The molecule has 0 bridgehead atoms. The Balaban J connectivity index is 1.82. The molecule has 0 aliphatic heterocycles. The lowest BCUT2D eigenvalue weighted by Crippen LogP contribution is -2.26. The van der Waals surface area contributed by atoms with Crippen molar-refractivity contribution in [1.82, 2.24) is 9.78 Å². The van der Waals surface area contributed by atoms with Gasteiger partial charge in [-0.3, -0.25) is 4.79 Å². The number of halogens is 1. The SMILES string of the molecule is O=c1c2ccccc2c(-c2ccccc2)nn1C[C@H](O)c1ccc(Cl)cc1. The van der Waals surface area contributed by atoms with E-state index in [1.165, 1.54) is 4.68 Å². The van der Waals surface area contributed by atoms with Crippen LogP contribution in [0.2, 0.25) is 5.02 Å². The maximum Gasteiger partial charge on any atom is 0.274 e. The van der Waals surface area contributed by atoms with E-state index in [9.17, 15) is 9.90 Å². The van der Waals surface area contributed by atoms with Crippen molar-refractivity contribution in [3.63, 3.8) is 0 Å². The molecule has 0 spiro atoms. The van der Waals surface area contributed by atoms with Crippen molar-refractivity contribution >= 4 is 22.4 Å². The fourth-order valence-electron chi connectivity index (χ4n) is 3.12. The maximum atomic E-state index is 12.9. The molecule has 3 aromatic carbocycles. The van der Waals surface area contributed by atoms with E-state index in [0.717, 1.165) is 10.9 Å². The molecule has 0 saturated carbocycles. The van der Waals surface area contributed by atoms with Crippen LogP contribution in [-0.4, -0.2) is 14.9 Å². The number of fused-ring (bicyclic) bond motifs is 1. The lowest BCUT2D eigenvalue weighted by Gasteiger charge is -2.15. The Morgan fingerprint density at radius 1 is 0.889 bits per heavy atom. The van der Waals surface area contributed by atoms with Gasteiger partial charge < -0.3 is 5.11 Å². The van der Waals surface area contributed by atoms with Crippen LogP contribution in [0.5, 0.6) is 0 Å². The highest BCUT2D eigenvalue weighted by Gasteiger charge is 2.15. The molecule has 1 heterocycles. The lowest BCUT2D eigenvalue weighted by atomic mass is 10.0. The number of aliphatic hydroxyl groups is 1. The van der Waals surface area contributed by atoms with E-state index in [1.807, 2.05) is 48.5 Å². The summed E-state index contributed by atoms with van der Waals surface area (Å²) in [6.07, 6.45) is -0.864. The lowest BCUT2D eigenvalue weighted by molar-refractivity contribution is 0.150. The minimum atomic E-state index is -0.864. The molecule has 4 rings (SSSR count). The molecule has 1 aromatic heterocycles. The molecule has 4 aromatic rings. The van der Waals surface area contributed by atoms with E-state index in [4.69, 9.17) is 11.6 Å². The topological polar surface area (TPSA) is 55.1 Å². The van der Waals surface area contributed by atoms with Crippen LogP contribution in [0.3, 0.4) is 0 Å². The highest BCUT2D eigenvalue weighted by Crippen LogP contribution is 2.25. The third kappa shape index (κ3) is 3.50. The van der Waals surface area contributed by atoms with Gasteiger partial charge in [0.1, 0.15) is 0 Å². The van der Waals surface area contributed by atoms with Crippen molar-refractivity contribution in [2.45, 2.75) is 12.6 Å². The number of aliphatic hydroxyl groups excluding tert-OH is 1. The van der Waals surface area contributed by atoms with Crippen LogP contribution in [0.15, 0.2) is 83.7 Å². The fourth-order valence-corrected chi connectivity index (χ4v) is 3.25. The van der Waals surface area contributed by atoms with Crippen LogP contribution >= 0.6 is 11.6 Å². The van der Waals surface area contributed by atoms with Crippen molar-refractivity contribution in [3.05, 3.63) is 99.8 Å². The van der Waals surface area contributed by atoms with Crippen LogP contribution in [0.4, 0.5) is 0 Å². The Hall–Kier alpha value is -2.95. The van der Waals surface area contributed by atoms with Gasteiger partial charge in [0.15, 0.2) is 0 Å². The average molecular weight is 377 g/mol. The largest absolute Gasteiger partial charge is 0.386 e. The second-order valence-corrected chi connectivity index (χ2v) is 6.75. The van der Waals surface area contributed by atoms with Crippen LogP contribution in [0.1, 0.15) is 11.7 Å². The van der Waals surface area contributed by atoms with Crippen molar-refractivity contribution in [2.24, 2.45) is 0 Å². The zero-order valence-corrected chi connectivity index (χ0v) is 15.2. The van der Waals surface area contributed by atoms with E-state index < -0.39 is 6.10 Å². The molecule has 0 radical (unpaired) electrons. The Labute approximate surface area is 161 Å². The first-order chi connectivity index (χ1) is 13.1. The molecule has 1 atom stereocenters. The molecule has 0 amide bonds. The van der Waals surface area contributed by atoms with Crippen LogP contribution in [-0.2, 0) is 6.54 Å². The minimum absolute atomic E-state index is 0.0606. The first kappa shape index (κ1) is 17.5. The quantitative estimate of drug-likeness (QED) is 0.572. The molecule has 1 N–H and O–H groups in total. The molecule has 0 fully saturated rings. The Morgan fingerprint density at radius 2 is 1.52 bits per heavy atom. The number of aromatic nitrogens is 2. The summed E-state index contributed by atoms with van der Waals surface area (Å²) >= 11 is 5.91. The Kier molecular flexibility index (Phi) is 4.75. The second kappa shape index (κ2) is 7.35. The van der Waals surface area contributed by atoms with Crippen molar-refractivity contribution < 1.29 is 5.11 Å². The average Bonchev–Trinajstić information content (AvgIpc) is 2.71. The highest BCUT2D eigenvalue weighted by atomic mass is 35.5. The van der Waals surface area contributed by atoms with Crippen molar-refractivity contribution in [2.75, 3.05) is 0 Å². The predicted octanol–water partition coefficient (Wildman–Crippen LogP) is 4.45. The van der Waals surface area contributed by atoms with E-state index in [-0.39, 0.29) is 12.1 Å². The summed E-state index contributed by atoms with van der Waals surface area (Å²) in [6, 6.07) is 24.1. The molecule has 5 heteroatoms. The van der Waals surface area contributed by atoms with Crippen molar-refractivity contribution in [3.8, 4) is 11.3 Å². The van der Waals surface area contributed by atoms with Gasteiger partial charge in [0, 0.05) is 16.0 Å². The number of nitrogens with zero attached hydrogens (tertiary/aromatic N) is 2. The Morgan fingerprint density at radius 3 is 2.22 bits per heavy atom. The summed E-state index contributed by atoms with van der Waals surface area (Å²) in [5.41, 5.74) is 2.10. The summed E-state index contributed by atoms with van der Waals surface area (Å²) in [5, 5.41) is 17.1. The zero-order chi connectivity index (χ0) is 18.8. The summed E-state index contributed by atoms with van der Waals surface area (Å²) < 4.78 is 1.34. The minimum Gasteiger partial charge on any atom is -0.386 e. The number of benzene rings is 3. The summed E-state index contributed by atoms with van der Waals surface area (Å²) in [4.78, 5) is 12.9. The molecular formula is C22H17ClN2O2. The van der Waals surface area contributed by atoms with Gasteiger partial charge >= 0.3 is 0 Å². The molecule has 4 nitrogen and oxygen atoms in total. The Bertz CT molecular complexity index is 1140. The summed E-state index contributed by atoms with van der Waals surface area (Å²) in [7, 11) is 0. The van der Waals surface area contributed by atoms with Gasteiger partial charge in [-0.2, -0.15) is 5.10 Å². The monoisotopic (exact) mass is 376 g/mol. The first-order valence-electron chi connectivity index (χ1n) is 8.62. The van der Waals surface area contributed by atoms with E-state index in [0.29, 0.717) is 21.7 Å². The van der Waals surface area contributed by atoms with Gasteiger partial charge in [0.25, 0.3) is 5.56 Å². The number of rotatable bonds is 4. The third-order valence-corrected chi connectivity index (χ3v) is 4.77. The van der Waals surface area contributed by atoms with E-state index >= 15 is 0 Å². The third-order valence-electron chi connectivity index (χ3n) is 4.52. The number of hydrogen-bond donors (Lipinski definition) is 1. The highest BCUT2D eigenvalue weighted by molar-refractivity contribution is 6.30. The molecule has 27 heavy (non-hydrogen) atoms. The fraction of sp³-hybridized carbons (Fsp3) is 0.0909. The van der Waals surface area contributed by atoms with Crippen LogP contribution in [0, 0.1) is 0 Å². The van der Waals surface area contributed by atoms with Gasteiger partial charge in [-0.1, -0.05) is 72.3 Å². The standard InChI is InChI=1S/C22H17ClN2O2/c23-17-12-10-15(11-13-17)20(26)14-25-22(27)19-9-5-4-8-18(19)21(24-25)16-6-2-1-3-7-16/h1-13,20,26H,14H2/t20-/m0/s1. The first-order valence-corrected chi connectivity index (χ1v) is 9.00. The maximum absolute atomic E-state index is 12.9. The number of hydrogen-bond acceptors (Lipinski definition) is 3. The normalized spacial score (nSPS) is 12.2. The van der Waals surface area contributed by atoms with Gasteiger partial charge in [-0.15, -0.1) is 0 Å². The molecular weight excluding hydrogens is 360 g/mol. The van der Waals surface area contributed by atoms with Gasteiger partial charge in [-0.05, 0) is 23.8 Å². The van der Waals surface area contributed by atoms with Gasteiger partial charge in [-0.25, -0.2) is 4.68 Å². The van der Waals surface area contributed by atoms with E-state index in [1.54, 1.807) is 30.3 Å². The zero-order valence-electron chi connectivity index (χ0n) is 14.4. The molecule has 0 saturated heterocycles. The summed E-state index contributed by atoms with van der Waals surface area (Å²) in [5.74, 6) is 0. The van der Waals surface area contributed by atoms with Crippen LogP contribution in [0.25, 0.3) is 22.0 Å². The molecule has 0 aliphatic rings. The van der Waals surface area contributed by atoms with Gasteiger partial charge in [0.2, 0.25) is 0 Å². The predicted molar refractivity (Wildman–Crippen MR) is 108 cm³/mol. The van der Waals surface area contributed by atoms with Crippen molar-refractivity contribution in [1.29, 1.82) is 0 Å². The molecule has 0 unspecified atom stereocenters. The van der Waals surface area contributed by atoms with Gasteiger partial charge in [0.05, 0.1) is 23.7 Å². The summed E-state index contributed by atoms with van der Waals surface area (Å²) in [6.45, 7) is 0.0606. The molecule has 0 aliphatic carbocycles. The van der Waals surface area contributed by atoms with E-state index in [2.05, 4.69) is 5.10 Å².